The normalized spacial score (nSPS) is 11.3. The fraction of sp³-hybridized carbons (Fsp3) is 0.250. The topological polar surface area (TPSA) is 96.2 Å². The zero-order valence-electron chi connectivity index (χ0n) is 16.1. The summed E-state index contributed by atoms with van der Waals surface area (Å²) in [6.07, 6.45) is 0. The average molecular weight is 410 g/mol. The fourth-order valence-corrected chi connectivity index (χ4v) is 4.36. The molecule has 1 aromatic carbocycles. The number of aromatic nitrogens is 4. The van der Waals surface area contributed by atoms with Gasteiger partial charge >= 0.3 is 5.97 Å². The molecule has 0 aliphatic carbocycles. The highest BCUT2D eigenvalue weighted by atomic mass is 32.1. The summed E-state index contributed by atoms with van der Waals surface area (Å²) in [7, 11) is 1.61. The molecule has 0 bridgehead atoms. The second-order valence-corrected chi connectivity index (χ2v) is 7.36. The third-order valence-electron chi connectivity index (χ3n) is 4.39. The Kier molecular flexibility index (Phi) is 5.08. The number of aryl methyl sites for hydroxylation is 1. The number of fused-ring (bicyclic) bond motifs is 3. The molecular formula is C20H18N4O4S. The lowest BCUT2D eigenvalue weighted by Crippen LogP contribution is -2.24. The number of hydrogen-bond acceptors (Lipinski definition) is 8. The van der Waals surface area contributed by atoms with Crippen LogP contribution in [-0.2, 0) is 16.1 Å². The van der Waals surface area contributed by atoms with Gasteiger partial charge in [-0.3, -0.25) is 4.79 Å². The number of thiophene rings is 1. The van der Waals surface area contributed by atoms with Crippen LogP contribution in [0.2, 0.25) is 0 Å². The van der Waals surface area contributed by atoms with Gasteiger partial charge in [0, 0.05) is 18.2 Å². The first-order valence-corrected chi connectivity index (χ1v) is 9.81. The van der Waals surface area contributed by atoms with Crippen molar-refractivity contribution in [1.29, 1.82) is 0 Å². The van der Waals surface area contributed by atoms with Crippen LogP contribution in [0.3, 0.4) is 0 Å². The van der Waals surface area contributed by atoms with Crippen LogP contribution in [-0.4, -0.2) is 39.7 Å². The first-order chi connectivity index (χ1) is 14.0. The highest BCUT2D eigenvalue weighted by Crippen LogP contribution is 2.32. The number of para-hydroxylation sites is 1. The van der Waals surface area contributed by atoms with Gasteiger partial charge in [0.2, 0.25) is 0 Å². The number of benzene rings is 1. The molecule has 0 N–H and O–H groups in total. The first kappa shape index (κ1) is 19.2. The predicted octanol–water partition coefficient (Wildman–Crippen LogP) is 3.02. The number of methoxy groups -OCH3 is 1. The molecule has 3 heterocycles. The van der Waals surface area contributed by atoms with Gasteiger partial charge in [-0.05, 0) is 37.6 Å². The SMILES string of the molecule is CCOC(=O)c1ccccc1-n1nnc2c(sc3nc(C)cc(COC)c32)c1=O. The zero-order valence-corrected chi connectivity index (χ0v) is 16.9. The van der Waals surface area contributed by atoms with Gasteiger partial charge in [-0.1, -0.05) is 17.3 Å². The minimum Gasteiger partial charge on any atom is -0.462 e. The van der Waals surface area contributed by atoms with Gasteiger partial charge in [0.15, 0.2) is 0 Å². The number of carbonyl (C=O) groups is 1. The second kappa shape index (κ2) is 7.69. The summed E-state index contributed by atoms with van der Waals surface area (Å²) in [6.45, 7) is 4.23. The van der Waals surface area contributed by atoms with Crippen molar-refractivity contribution in [2.24, 2.45) is 0 Å². The van der Waals surface area contributed by atoms with E-state index in [1.54, 1.807) is 38.3 Å². The van der Waals surface area contributed by atoms with Crippen molar-refractivity contribution in [2.45, 2.75) is 20.5 Å². The van der Waals surface area contributed by atoms with Gasteiger partial charge in [-0.2, -0.15) is 4.68 Å². The molecule has 0 amide bonds. The molecule has 0 aliphatic rings. The Morgan fingerprint density at radius 3 is 2.83 bits per heavy atom. The van der Waals surface area contributed by atoms with Gasteiger partial charge in [0.25, 0.3) is 5.56 Å². The molecule has 0 atom stereocenters. The molecular weight excluding hydrogens is 392 g/mol. The maximum Gasteiger partial charge on any atom is 0.340 e. The molecule has 0 radical (unpaired) electrons. The van der Waals surface area contributed by atoms with Crippen molar-refractivity contribution in [3.05, 3.63) is 57.5 Å². The molecule has 0 unspecified atom stereocenters. The summed E-state index contributed by atoms with van der Waals surface area (Å²) < 4.78 is 11.9. The molecule has 3 aromatic heterocycles. The van der Waals surface area contributed by atoms with Crippen molar-refractivity contribution in [3.63, 3.8) is 0 Å². The minimum absolute atomic E-state index is 0.233. The van der Waals surface area contributed by atoms with Gasteiger partial charge in [-0.25, -0.2) is 9.78 Å². The van der Waals surface area contributed by atoms with E-state index < -0.39 is 5.97 Å². The lowest BCUT2D eigenvalue weighted by atomic mass is 10.1. The Morgan fingerprint density at radius 2 is 2.07 bits per heavy atom. The number of ether oxygens (including phenoxy) is 2. The number of pyridine rings is 1. The van der Waals surface area contributed by atoms with Crippen LogP contribution >= 0.6 is 11.3 Å². The molecule has 8 nitrogen and oxygen atoms in total. The summed E-state index contributed by atoms with van der Waals surface area (Å²) in [5, 5.41) is 9.18. The number of rotatable bonds is 5. The third-order valence-corrected chi connectivity index (χ3v) is 5.46. The standard InChI is InChI=1S/C20H18N4O4S/c1-4-28-20(26)13-7-5-6-8-14(13)24-19(25)17-16(22-23-24)15-12(10-27-3)9-11(2)21-18(15)29-17/h5-9H,4,10H2,1-3H3. The third kappa shape index (κ3) is 3.28. The van der Waals surface area contributed by atoms with E-state index in [9.17, 15) is 9.59 Å². The number of hydrogen-bond donors (Lipinski definition) is 0. The van der Waals surface area contributed by atoms with Crippen molar-refractivity contribution < 1.29 is 14.3 Å². The highest BCUT2D eigenvalue weighted by molar-refractivity contribution is 7.25. The molecule has 0 saturated carbocycles. The molecule has 148 valence electrons. The average Bonchev–Trinajstić information content (AvgIpc) is 3.08. The Bertz CT molecular complexity index is 1300. The lowest BCUT2D eigenvalue weighted by Gasteiger charge is -2.09. The van der Waals surface area contributed by atoms with E-state index in [1.807, 2.05) is 13.0 Å². The van der Waals surface area contributed by atoms with Crippen molar-refractivity contribution >= 4 is 37.7 Å². The van der Waals surface area contributed by atoms with Crippen LogP contribution < -0.4 is 5.56 Å². The van der Waals surface area contributed by atoms with Crippen molar-refractivity contribution in [3.8, 4) is 5.69 Å². The summed E-state index contributed by atoms with van der Waals surface area (Å²) in [5.74, 6) is -0.520. The van der Waals surface area contributed by atoms with Crippen LogP contribution in [0.15, 0.2) is 35.1 Å². The van der Waals surface area contributed by atoms with Gasteiger partial charge in [0.1, 0.15) is 15.0 Å². The Labute approximate surface area is 169 Å². The molecule has 0 aliphatic heterocycles. The molecule has 0 spiro atoms. The van der Waals surface area contributed by atoms with E-state index in [2.05, 4.69) is 15.3 Å². The number of esters is 1. The van der Waals surface area contributed by atoms with Crippen LogP contribution in [0, 0.1) is 6.92 Å². The van der Waals surface area contributed by atoms with Crippen molar-refractivity contribution in [1.82, 2.24) is 20.0 Å². The van der Waals surface area contributed by atoms with Gasteiger partial charge in [-0.15, -0.1) is 16.4 Å². The summed E-state index contributed by atoms with van der Waals surface area (Å²) >= 11 is 1.26. The monoisotopic (exact) mass is 410 g/mol. The predicted molar refractivity (Wildman–Crippen MR) is 110 cm³/mol. The van der Waals surface area contributed by atoms with E-state index in [1.165, 1.54) is 11.3 Å². The Morgan fingerprint density at radius 1 is 1.28 bits per heavy atom. The van der Waals surface area contributed by atoms with Crippen LogP contribution in [0.4, 0.5) is 0 Å². The van der Waals surface area contributed by atoms with E-state index in [0.717, 1.165) is 21.3 Å². The van der Waals surface area contributed by atoms with Gasteiger partial charge in [0.05, 0.1) is 24.5 Å². The Balaban J connectivity index is 1.98. The maximum absolute atomic E-state index is 13.2. The molecule has 0 fully saturated rings. The van der Waals surface area contributed by atoms with Crippen LogP contribution in [0.25, 0.3) is 26.1 Å². The Hall–Kier alpha value is -3.17. The zero-order chi connectivity index (χ0) is 20.5. The smallest absolute Gasteiger partial charge is 0.340 e. The first-order valence-electron chi connectivity index (χ1n) is 8.99. The van der Waals surface area contributed by atoms with Gasteiger partial charge < -0.3 is 9.47 Å². The number of carbonyl (C=O) groups excluding carboxylic acids is 1. The minimum atomic E-state index is -0.520. The molecule has 4 rings (SSSR count). The summed E-state index contributed by atoms with van der Waals surface area (Å²) in [5.41, 5.74) is 2.43. The molecule has 4 aromatic rings. The van der Waals surface area contributed by atoms with E-state index in [-0.39, 0.29) is 17.7 Å². The molecule has 9 heteroatoms. The van der Waals surface area contributed by atoms with E-state index in [0.29, 0.717) is 27.3 Å². The van der Waals surface area contributed by atoms with E-state index in [4.69, 9.17) is 9.47 Å². The molecule has 0 saturated heterocycles. The second-order valence-electron chi connectivity index (χ2n) is 6.36. The van der Waals surface area contributed by atoms with E-state index >= 15 is 0 Å². The highest BCUT2D eigenvalue weighted by Gasteiger charge is 2.20. The quantitative estimate of drug-likeness (QED) is 0.467. The van der Waals surface area contributed by atoms with Crippen LogP contribution in [0.5, 0.6) is 0 Å². The summed E-state index contributed by atoms with van der Waals surface area (Å²) in [6, 6.07) is 8.58. The summed E-state index contributed by atoms with van der Waals surface area (Å²) in [4.78, 5) is 30.8. The lowest BCUT2D eigenvalue weighted by molar-refractivity contribution is 0.0526. The maximum atomic E-state index is 13.2. The fourth-order valence-electron chi connectivity index (χ4n) is 3.23. The van der Waals surface area contributed by atoms with Crippen molar-refractivity contribution in [2.75, 3.05) is 13.7 Å². The number of nitrogens with zero attached hydrogens (tertiary/aromatic N) is 4. The van der Waals surface area contributed by atoms with Crippen LogP contribution in [0.1, 0.15) is 28.5 Å². The largest absolute Gasteiger partial charge is 0.462 e. The molecule has 29 heavy (non-hydrogen) atoms.